The van der Waals surface area contributed by atoms with E-state index in [1.165, 1.54) is 23.8 Å². The van der Waals surface area contributed by atoms with Gasteiger partial charge in [-0.15, -0.1) is 0 Å². The molecule has 0 bridgehead atoms. The van der Waals surface area contributed by atoms with Gasteiger partial charge in [-0.05, 0) is 85.0 Å². The van der Waals surface area contributed by atoms with Gasteiger partial charge in [0.1, 0.15) is 0 Å². The van der Waals surface area contributed by atoms with Gasteiger partial charge in [-0.2, -0.15) is 0 Å². The third-order valence-corrected chi connectivity index (χ3v) is 6.15. The first-order valence-electron chi connectivity index (χ1n) is 9.72. The number of hydrogen-bond acceptors (Lipinski definition) is 3. The predicted molar refractivity (Wildman–Crippen MR) is 114 cm³/mol. The van der Waals surface area contributed by atoms with Crippen molar-refractivity contribution in [3.8, 4) is 0 Å². The molecule has 0 heterocycles. The third-order valence-electron chi connectivity index (χ3n) is 5.68. The Balaban J connectivity index is 0.000000166. The zero-order chi connectivity index (χ0) is 21.0. The monoisotopic (exact) mass is 434 g/mol. The van der Waals surface area contributed by atoms with Gasteiger partial charge in [0.25, 0.3) is 0 Å². The van der Waals surface area contributed by atoms with Crippen molar-refractivity contribution < 1.29 is 19.4 Å². The maximum Gasteiger partial charge on any atom is 0.309 e. The first-order valence-corrected chi connectivity index (χ1v) is 10.5. The van der Waals surface area contributed by atoms with Crippen molar-refractivity contribution in [2.75, 3.05) is 7.11 Å². The second-order valence-corrected chi connectivity index (χ2v) is 8.44. The molecule has 4 rings (SSSR count). The van der Waals surface area contributed by atoms with Crippen LogP contribution in [0.3, 0.4) is 0 Å². The second kappa shape index (κ2) is 9.64. The molecular weight excluding hydrogens is 411 g/mol. The van der Waals surface area contributed by atoms with Crippen LogP contribution in [0.4, 0.5) is 0 Å². The Hall–Kier alpha value is -2.04. The maximum atomic E-state index is 11.4. The molecule has 2 aliphatic rings. The molecule has 0 saturated carbocycles. The van der Waals surface area contributed by atoms with Crippen LogP contribution in [0.1, 0.15) is 35.1 Å². The van der Waals surface area contributed by atoms with Crippen LogP contribution in [-0.4, -0.2) is 24.2 Å². The summed E-state index contributed by atoms with van der Waals surface area (Å²) in [5.74, 6) is -1.04. The number of esters is 1. The maximum absolute atomic E-state index is 11.4. The summed E-state index contributed by atoms with van der Waals surface area (Å²) in [6.07, 6.45) is 4.77. The lowest BCUT2D eigenvalue weighted by Gasteiger charge is -2.22. The minimum atomic E-state index is -0.698. The lowest BCUT2D eigenvalue weighted by molar-refractivity contribution is -0.146. The molecule has 2 aliphatic carbocycles. The summed E-state index contributed by atoms with van der Waals surface area (Å²) in [5.41, 5.74) is 4.83. The molecule has 0 radical (unpaired) electrons. The van der Waals surface area contributed by atoms with Gasteiger partial charge in [-0.3, -0.25) is 9.59 Å². The Morgan fingerprint density at radius 3 is 1.83 bits per heavy atom. The first-order chi connectivity index (χ1) is 13.9. The zero-order valence-corrected chi connectivity index (χ0v) is 17.8. The highest BCUT2D eigenvalue weighted by Crippen LogP contribution is 2.29. The topological polar surface area (TPSA) is 63.6 Å². The molecule has 0 amide bonds. The fraction of sp³-hybridized carbons (Fsp3) is 0.391. The van der Waals surface area contributed by atoms with Crippen molar-refractivity contribution >= 4 is 35.1 Å². The molecule has 29 heavy (non-hydrogen) atoms. The average molecular weight is 435 g/mol. The lowest BCUT2D eigenvalue weighted by atomic mass is 9.84. The van der Waals surface area contributed by atoms with Gasteiger partial charge in [-0.1, -0.05) is 35.3 Å². The molecular formula is C23H24Cl2O4. The van der Waals surface area contributed by atoms with Gasteiger partial charge in [0.2, 0.25) is 0 Å². The molecule has 6 heteroatoms. The lowest BCUT2D eigenvalue weighted by Crippen LogP contribution is -2.23. The van der Waals surface area contributed by atoms with E-state index in [1.54, 1.807) is 0 Å². The average Bonchev–Trinajstić information content (AvgIpc) is 2.72. The minimum Gasteiger partial charge on any atom is -0.481 e. The Bertz CT molecular complexity index is 910. The van der Waals surface area contributed by atoms with Crippen molar-refractivity contribution in [3.63, 3.8) is 0 Å². The normalized spacial score (nSPS) is 19.8. The molecule has 2 unspecified atom stereocenters. The van der Waals surface area contributed by atoms with E-state index in [-0.39, 0.29) is 17.8 Å². The molecule has 2 aromatic carbocycles. The van der Waals surface area contributed by atoms with Crippen molar-refractivity contribution in [3.05, 3.63) is 68.7 Å². The standard InChI is InChI=1S/C12H13ClO2.C11H11ClO2/c1-15-12(14)9-3-2-8-4-5-11(13)7-10(8)6-9;12-10-4-3-7-1-2-8(11(13)14)5-9(7)6-10/h4-5,7,9H,2-3,6H2,1H3;3-4,6,8H,1-2,5H2,(H,13,14). The Morgan fingerprint density at radius 1 is 0.862 bits per heavy atom. The van der Waals surface area contributed by atoms with E-state index in [0.29, 0.717) is 11.4 Å². The Morgan fingerprint density at radius 2 is 1.34 bits per heavy atom. The summed E-state index contributed by atoms with van der Waals surface area (Å²) < 4.78 is 4.76. The Kier molecular flexibility index (Phi) is 7.20. The van der Waals surface area contributed by atoms with Crippen LogP contribution in [0.2, 0.25) is 10.0 Å². The van der Waals surface area contributed by atoms with Crippen LogP contribution in [0.15, 0.2) is 36.4 Å². The van der Waals surface area contributed by atoms with E-state index >= 15 is 0 Å². The number of fused-ring (bicyclic) bond motifs is 2. The second-order valence-electron chi connectivity index (χ2n) is 7.57. The fourth-order valence-electron chi connectivity index (χ4n) is 4.03. The number of halogens is 2. The number of hydrogen-bond donors (Lipinski definition) is 1. The third kappa shape index (κ3) is 5.52. The predicted octanol–water partition coefficient (Wildman–Crippen LogP) is 5.15. The quantitative estimate of drug-likeness (QED) is 0.663. The fourth-order valence-corrected chi connectivity index (χ4v) is 4.42. The van der Waals surface area contributed by atoms with Crippen LogP contribution in [0.25, 0.3) is 0 Å². The SMILES string of the molecule is COC(=O)C1CCc2ccc(Cl)cc2C1.O=C(O)C1CCc2ccc(Cl)cc2C1. The van der Waals surface area contributed by atoms with E-state index in [4.69, 9.17) is 33.0 Å². The molecule has 0 spiro atoms. The number of benzene rings is 2. The summed E-state index contributed by atoms with van der Waals surface area (Å²) in [7, 11) is 1.44. The van der Waals surface area contributed by atoms with E-state index in [0.717, 1.165) is 42.7 Å². The zero-order valence-electron chi connectivity index (χ0n) is 16.3. The molecule has 2 aromatic rings. The number of carbonyl (C=O) groups is 2. The van der Waals surface area contributed by atoms with Gasteiger partial charge in [0, 0.05) is 10.0 Å². The van der Waals surface area contributed by atoms with Crippen molar-refractivity contribution in [2.45, 2.75) is 38.5 Å². The highest BCUT2D eigenvalue weighted by atomic mass is 35.5. The highest BCUT2D eigenvalue weighted by Gasteiger charge is 2.25. The van der Waals surface area contributed by atoms with Crippen molar-refractivity contribution in [1.29, 1.82) is 0 Å². The van der Waals surface area contributed by atoms with Gasteiger partial charge in [-0.25, -0.2) is 0 Å². The van der Waals surface area contributed by atoms with Crippen LogP contribution in [0.5, 0.6) is 0 Å². The molecule has 4 nitrogen and oxygen atoms in total. The molecule has 0 saturated heterocycles. The molecule has 1 N–H and O–H groups in total. The van der Waals surface area contributed by atoms with E-state index < -0.39 is 5.97 Å². The summed E-state index contributed by atoms with van der Waals surface area (Å²) in [4.78, 5) is 22.2. The number of rotatable bonds is 2. The minimum absolute atomic E-state index is 0.000895. The highest BCUT2D eigenvalue weighted by molar-refractivity contribution is 6.30. The largest absolute Gasteiger partial charge is 0.481 e. The van der Waals surface area contributed by atoms with Crippen LogP contribution < -0.4 is 0 Å². The number of methoxy groups -OCH3 is 1. The summed E-state index contributed by atoms with van der Waals surface area (Å²) in [6.45, 7) is 0. The van der Waals surface area contributed by atoms with E-state index in [2.05, 4.69) is 0 Å². The van der Waals surface area contributed by atoms with Crippen LogP contribution in [-0.2, 0) is 40.0 Å². The van der Waals surface area contributed by atoms with E-state index in [9.17, 15) is 9.59 Å². The van der Waals surface area contributed by atoms with Crippen LogP contribution in [0, 0.1) is 11.8 Å². The van der Waals surface area contributed by atoms with Gasteiger partial charge >= 0.3 is 11.9 Å². The van der Waals surface area contributed by atoms with Crippen molar-refractivity contribution in [2.24, 2.45) is 11.8 Å². The van der Waals surface area contributed by atoms with Crippen molar-refractivity contribution in [1.82, 2.24) is 0 Å². The van der Waals surface area contributed by atoms with Gasteiger partial charge < -0.3 is 9.84 Å². The Labute approximate surface area is 180 Å². The number of carboxylic acids is 1. The number of ether oxygens (including phenoxy) is 1. The number of carboxylic acid groups (broad SMARTS) is 1. The summed E-state index contributed by atoms with van der Waals surface area (Å²) in [5, 5.41) is 10.3. The number of aryl methyl sites for hydroxylation is 2. The molecule has 2 atom stereocenters. The summed E-state index contributed by atoms with van der Waals surface area (Å²) in [6, 6.07) is 11.6. The number of aliphatic carboxylic acids is 1. The molecule has 0 aromatic heterocycles. The van der Waals surface area contributed by atoms with Gasteiger partial charge in [0.15, 0.2) is 0 Å². The molecule has 0 fully saturated rings. The molecule has 154 valence electrons. The smallest absolute Gasteiger partial charge is 0.309 e. The van der Waals surface area contributed by atoms with Crippen LogP contribution >= 0.6 is 23.2 Å². The first kappa shape index (κ1) is 21.7. The van der Waals surface area contributed by atoms with E-state index in [1.807, 2.05) is 36.4 Å². The number of carbonyl (C=O) groups excluding carboxylic acids is 1. The molecule has 0 aliphatic heterocycles. The summed E-state index contributed by atoms with van der Waals surface area (Å²) >= 11 is 11.8. The van der Waals surface area contributed by atoms with Gasteiger partial charge in [0.05, 0.1) is 18.9 Å².